The van der Waals surface area contributed by atoms with Gasteiger partial charge in [-0.3, -0.25) is 0 Å². The van der Waals surface area contributed by atoms with Crippen molar-refractivity contribution in [1.29, 1.82) is 0 Å². The van der Waals surface area contributed by atoms with Crippen LogP contribution in [0.1, 0.15) is 19.3 Å². The molecule has 0 aliphatic carbocycles. The van der Waals surface area contributed by atoms with Crippen molar-refractivity contribution in [1.82, 2.24) is 4.90 Å². The average Bonchev–Trinajstić information content (AvgIpc) is 2.22. The Kier molecular flexibility index (Phi) is 5.01. The molecular weight excluding hydrogens is 196 g/mol. The van der Waals surface area contributed by atoms with Crippen molar-refractivity contribution in [2.45, 2.75) is 31.5 Å². The summed E-state index contributed by atoms with van der Waals surface area (Å²) in [6.45, 7) is 2.17. The molecule has 1 fully saturated rings. The normalized spacial score (nSPS) is 21.3. The summed E-state index contributed by atoms with van der Waals surface area (Å²) in [7, 11) is 2.04. The molecule has 0 saturated carbocycles. The van der Waals surface area contributed by atoms with Crippen molar-refractivity contribution >= 4 is 5.97 Å². The highest BCUT2D eigenvalue weighted by Crippen LogP contribution is 2.13. The van der Waals surface area contributed by atoms with Gasteiger partial charge in [-0.25, -0.2) is 4.79 Å². The van der Waals surface area contributed by atoms with Crippen LogP contribution in [0.5, 0.6) is 0 Å². The number of likely N-dealkylation sites (tertiary alicyclic amines) is 1. The lowest BCUT2D eigenvalue weighted by molar-refractivity contribution is -0.161. The number of piperidine rings is 1. The van der Waals surface area contributed by atoms with Gasteiger partial charge >= 0.3 is 5.97 Å². The molecular formula is C10H20N2O3. The second-order valence-corrected chi connectivity index (χ2v) is 4.03. The SMILES string of the molecule is CN1CCC(OC(=O)[C@@H](O)CCN)CC1. The number of nitrogens with two attached hydrogens (primary N) is 1. The Balaban J connectivity index is 2.25. The number of hydrogen-bond acceptors (Lipinski definition) is 5. The third kappa shape index (κ3) is 4.15. The maximum absolute atomic E-state index is 11.3. The first-order valence-corrected chi connectivity index (χ1v) is 5.40. The van der Waals surface area contributed by atoms with E-state index in [1.54, 1.807) is 0 Å². The lowest BCUT2D eigenvalue weighted by atomic mass is 10.1. The first-order chi connectivity index (χ1) is 7.13. The van der Waals surface area contributed by atoms with Crippen LogP contribution in [0.4, 0.5) is 0 Å². The zero-order valence-corrected chi connectivity index (χ0v) is 9.19. The Morgan fingerprint density at radius 1 is 1.60 bits per heavy atom. The first kappa shape index (κ1) is 12.4. The molecule has 1 aliphatic rings. The Hall–Kier alpha value is -0.650. The number of aliphatic hydroxyl groups is 1. The molecule has 5 nitrogen and oxygen atoms in total. The summed E-state index contributed by atoms with van der Waals surface area (Å²) in [6.07, 6.45) is 0.858. The summed E-state index contributed by atoms with van der Waals surface area (Å²) < 4.78 is 5.18. The van der Waals surface area contributed by atoms with Crippen molar-refractivity contribution < 1.29 is 14.6 Å². The van der Waals surface area contributed by atoms with E-state index in [2.05, 4.69) is 4.90 Å². The topological polar surface area (TPSA) is 75.8 Å². The summed E-state index contributed by atoms with van der Waals surface area (Å²) >= 11 is 0. The summed E-state index contributed by atoms with van der Waals surface area (Å²) in [4.78, 5) is 13.5. The molecule has 1 heterocycles. The molecule has 3 N–H and O–H groups in total. The predicted octanol–water partition coefficient (Wildman–Crippen LogP) is -0.666. The lowest BCUT2D eigenvalue weighted by Gasteiger charge is -2.29. The zero-order valence-electron chi connectivity index (χ0n) is 9.19. The number of rotatable bonds is 4. The van der Waals surface area contributed by atoms with E-state index >= 15 is 0 Å². The molecule has 0 aromatic heterocycles. The van der Waals surface area contributed by atoms with E-state index in [0.717, 1.165) is 25.9 Å². The van der Waals surface area contributed by atoms with E-state index in [4.69, 9.17) is 10.5 Å². The minimum Gasteiger partial charge on any atom is -0.460 e. The summed E-state index contributed by atoms with van der Waals surface area (Å²) in [6, 6.07) is 0. The molecule has 0 spiro atoms. The van der Waals surface area contributed by atoms with E-state index in [-0.39, 0.29) is 12.5 Å². The highest BCUT2D eigenvalue weighted by atomic mass is 16.6. The summed E-state index contributed by atoms with van der Waals surface area (Å²) in [5.41, 5.74) is 5.24. The standard InChI is InChI=1S/C10H20N2O3/c1-12-6-3-8(4-7-12)15-10(14)9(13)2-5-11/h8-9,13H,2-7,11H2,1H3/t9-/m0/s1. The Bertz CT molecular complexity index is 203. The van der Waals surface area contributed by atoms with Crippen LogP contribution in [0, 0.1) is 0 Å². The fourth-order valence-electron chi connectivity index (χ4n) is 1.62. The number of nitrogens with zero attached hydrogens (tertiary/aromatic N) is 1. The highest BCUT2D eigenvalue weighted by Gasteiger charge is 2.23. The maximum atomic E-state index is 11.3. The largest absolute Gasteiger partial charge is 0.460 e. The van der Waals surface area contributed by atoms with Crippen LogP contribution >= 0.6 is 0 Å². The van der Waals surface area contributed by atoms with E-state index < -0.39 is 12.1 Å². The minimum absolute atomic E-state index is 0.0406. The third-order valence-electron chi connectivity index (χ3n) is 2.66. The van der Waals surface area contributed by atoms with Crippen LogP contribution < -0.4 is 5.73 Å². The second-order valence-electron chi connectivity index (χ2n) is 4.03. The number of aliphatic hydroxyl groups excluding tert-OH is 1. The monoisotopic (exact) mass is 216 g/mol. The number of esters is 1. The number of carbonyl (C=O) groups is 1. The van der Waals surface area contributed by atoms with Gasteiger partial charge in [0.2, 0.25) is 0 Å². The fourth-order valence-corrected chi connectivity index (χ4v) is 1.62. The van der Waals surface area contributed by atoms with Crippen molar-refractivity contribution in [3.8, 4) is 0 Å². The average molecular weight is 216 g/mol. The Labute approximate surface area is 90.2 Å². The maximum Gasteiger partial charge on any atom is 0.335 e. The lowest BCUT2D eigenvalue weighted by Crippen LogP contribution is -2.37. The first-order valence-electron chi connectivity index (χ1n) is 5.40. The van der Waals surface area contributed by atoms with Crippen molar-refractivity contribution in [3.05, 3.63) is 0 Å². The molecule has 0 aromatic rings. The number of hydrogen-bond donors (Lipinski definition) is 2. The molecule has 5 heteroatoms. The van der Waals surface area contributed by atoms with Gasteiger partial charge in [0.25, 0.3) is 0 Å². The molecule has 1 rings (SSSR count). The third-order valence-corrected chi connectivity index (χ3v) is 2.66. The van der Waals surface area contributed by atoms with Crippen LogP contribution in [-0.4, -0.2) is 54.9 Å². The molecule has 0 unspecified atom stereocenters. The van der Waals surface area contributed by atoms with Gasteiger partial charge in [0, 0.05) is 13.1 Å². The molecule has 0 aromatic carbocycles. The molecule has 0 radical (unpaired) electrons. The number of carbonyl (C=O) groups excluding carboxylic acids is 1. The van der Waals surface area contributed by atoms with E-state index in [1.807, 2.05) is 7.05 Å². The van der Waals surface area contributed by atoms with Crippen LogP contribution in [0.25, 0.3) is 0 Å². The molecule has 88 valence electrons. The van der Waals surface area contributed by atoms with Crippen molar-refractivity contribution in [2.24, 2.45) is 5.73 Å². The Morgan fingerprint density at radius 3 is 2.73 bits per heavy atom. The van der Waals surface area contributed by atoms with Gasteiger partial charge in [0.1, 0.15) is 6.10 Å². The quantitative estimate of drug-likeness (QED) is 0.610. The van der Waals surface area contributed by atoms with Crippen LogP contribution in [-0.2, 0) is 9.53 Å². The van der Waals surface area contributed by atoms with Gasteiger partial charge in [-0.2, -0.15) is 0 Å². The molecule has 0 amide bonds. The van der Waals surface area contributed by atoms with Crippen LogP contribution in [0.3, 0.4) is 0 Å². The fraction of sp³-hybridized carbons (Fsp3) is 0.900. The van der Waals surface area contributed by atoms with Gasteiger partial charge < -0.3 is 20.5 Å². The minimum atomic E-state index is -1.06. The van der Waals surface area contributed by atoms with Crippen LogP contribution in [0.2, 0.25) is 0 Å². The van der Waals surface area contributed by atoms with Gasteiger partial charge in [-0.05, 0) is 32.9 Å². The predicted molar refractivity (Wildman–Crippen MR) is 56.3 cm³/mol. The summed E-state index contributed by atoms with van der Waals surface area (Å²) in [5.74, 6) is -0.532. The highest BCUT2D eigenvalue weighted by molar-refractivity contribution is 5.74. The van der Waals surface area contributed by atoms with E-state index in [1.165, 1.54) is 0 Å². The van der Waals surface area contributed by atoms with Crippen molar-refractivity contribution in [2.75, 3.05) is 26.7 Å². The molecule has 1 aliphatic heterocycles. The second kappa shape index (κ2) is 6.05. The number of ether oxygens (including phenoxy) is 1. The van der Waals surface area contributed by atoms with Crippen molar-refractivity contribution in [3.63, 3.8) is 0 Å². The Morgan fingerprint density at radius 2 is 2.20 bits per heavy atom. The van der Waals surface area contributed by atoms with Crippen LogP contribution in [0.15, 0.2) is 0 Å². The van der Waals surface area contributed by atoms with Gasteiger partial charge in [-0.15, -0.1) is 0 Å². The zero-order chi connectivity index (χ0) is 11.3. The molecule has 1 saturated heterocycles. The summed E-state index contributed by atoms with van der Waals surface area (Å²) in [5, 5.41) is 9.34. The smallest absolute Gasteiger partial charge is 0.335 e. The van der Waals surface area contributed by atoms with Gasteiger partial charge in [0.15, 0.2) is 6.10 Å². The van der Waals surface area contributed by atoms with Gasteiger partial charge in [-0.1, -0.05) is 0 Å². The molecule has 0 bridgehead atoms. The molecule has 15 heavy (non-hydrogen) atoms. The van der Waals surface area contributed by atoms with E-state index in [9.17, 15) is 9.90 Å². The van der Waals surface area contributed by atoms with E-state index in [0.29, 0.717) is 6.54 Å². The molecule has 1 atom stereocenters. The van der Waals surface area contributed by atoms with Gasteiger partial charge in [0.05, 0.1) is 0 Å².